The van der Waals surface area contributed by atoms with Crippen molar-refractivity contribution < 1.29 is 13.9 Å². The van der Waals surface area contributed by atoms with Gasteiger partial charge in [0.1, 0.15) is 24.1 Å². The predicted octanol–water partition coefficient (Wildman–Crippen LogP) is 3.87. The van der Waals surface area contributed by atoms with Crippen LogP contribution in [0.2, 0.25) is 0 Å². The van der Waals surface area contributed by atoms with Crippen molar-refractivity contribution in [3.63, 3.8) is 0 Å². The normalized spacial score (nSPS) is 11.5. The summed E-state index contributed by atoms with van der Waals surface area (Å²) in [7, 11) is 1.52. The molecule has 0 aliphatic carbocycles. The maximum atomic E-state index is 12.9. The summed E-state index contributed by atoms with van der Waals surface area (Å²) < 4.78 is 17.8. The number of ether oxygens (including phenoxy) is 1. The van der Waals surface area contributed by atoms with Gasteiger partial charge in [-0.1, -0.05) is 42.5 Å². The zero-order chi connectivity index (χ0) is 22.1. The number of aromatic nitrogens is 2. The number of hydrogen-bond acceptors (Lipinski definition) is 4. The van der Waals surface area contributed by atoms with Crippen LogP contribution in [-0.2, 0) is 0 Å². The Bertz CT molecular complexity index is 1010. The van der Waals surface area contributed by atoms with Crippen LogP contribution in [0.4, 0.5) is 4.39 Å². The highest BCUT2D eigenvalue weighted by Crippen LogP contribution is 2.23. The lowest BCUT2D eigenvalue weighted by molar-refractivity contribution is 0.0929. The maximum absolute atomic E-state index is 12.9. The van der Waals surface area contributed by atoms with E-state index in [1.807, 2.05) is 30.3 Å². The van der Waals surface area contributed by atoms with Crippen LogP contribution in [0.5, 0.6) is 5.75 Å². The van der Waals surface area contributed by atoms with Crippen LogP contribution in [0.1, 0.15) is 35.1 Å². The molecule has 4 N–H and O–H groups in total. The summed E-state index contributed by atoms with van der Waals surface area (Å²) in [6.07, 6.45) is 2.90. The van der Waals surface area contributed by atoms with Gasteiger partial charge in [0.25, 0.3) is 5.91 Å². The monoisotopic (exact) mass is 423 g/mol. The number of benzene rings is 2. The Morgan fingerprint density at radius 2 is 1.94 bits per heavy atom. The van der Waals surface area contributed by atoms with Gasteiger partial charge < -0.3 is 20.4 Å². The van der Waals surface area contributed by atoms with Crippen molar-refractivity contribution in [3.05, 3.63) is 72.2 Å². The van der Waals surface area contributed by atoms with E-state index in [1.54, 1.807) is 30.5 Å². The SMILES string of the molecule is COc1ccccc1C(=O)NC(CCCNC(=N)CF)c1ncc(-c2ccccc2)[nH]1. The molecule has 162 valence electrons. The molecule has 1 heterocycles. The highest BCUT2D eigenvalue weighted by molar-refractivity contribution is 5.97. The number of methoxy groups -OCH3 is 1. The van der Waals surface area contributed by atoms with Crippen LogP contribution in [0.15, 0.2) is 60.8 Å². The van der Waals surface area contributed by atoms with E-state index in [0.29, 0.717) is 36.5 Å². The summed E-state index contributed by atoms with van der Waals surface area (Å²) in [5, 5.41) is 13.1. The van der Waals surface area contributed by atoms with Crippen molar-refractivity contribution in [1.82, 2.24) is 20.6 Å². The Morgan fingerprint density at radius 3 is 2.68 bits per heavy atom. The molecule has 0 saturated carbocycles. The second kappa shape index (κ2) is 10.9. The fourth-order valence-corrected chi connectivity index (χ4v) is 3.22. The largest absolute Gasteiger partial charge is 0.496 e. The standard InChI is InChI=1S/C23H26FN5O2/c1-31-20-12-6-5-10-17(20)23(30)29-18(11-7-13-26-21(25)14-24)22-27-15-19(28-22)16-8-3-2-4-9-16/h2-6,8-10,12,15,18H,7,11,13-14H2,1H3,(H2,25,26)(H,27,28)(H,29,30). The van der Waals surface area contributed by atoms with E-state index >= 15 is 0 Å². The summed E-state index contributed by atoms with van der Waals surface area (Å²) >= 11 is 0. The van der Waals surface area contributed by atoms with Crippen LogP contribution in [0.3, 0.4) is 0 Å². The van der Waals surface area contributed by atoms with Gasteiger partial charge in [-0.15, -0.1) is 0 Å². The van der Waals surface area contributed by atoms with Crippen molar-refractivity contribution in [2.45, 2.75) is 18.9 Å². The third-order valence-corrected chi connectivity index (χ3v) is 4.81. The number of nitrogens with zero attached hydrogens (tertiary/aromatic N) is 1. The molecular formula is C23H26FN5O2. The molecular weight excluding hydrogens is 397 g/mol. The van der Waals surface area contributed by atoms with Crippen molar-refractivity contribution in [1.29, 1.82) is 5.41 Å². The molecule has 31 heavy (non-hydrogen) atoms. The number of H-pyrrole nitrogens is 1. The zero-order valence-corrected chi connectivity index (χ0v) is 17.3. The first-order valence-corrected chi connectivity index (χ1v) is 10.0. The van der Waals surface area contributed by atoms with Crippen molar-refractivity contribution in [3.8, 4) is 17.0 Å². The maximum Gasteiger partial charge on any atom is 0.255 e. The van der Waals surface area contributed by atoms with Crippen molar-refractivity contribution in [2.75, 3.05) is 20.3 Å². The number of amidine groups is 1. The first-order valence-electron chi connectivity index (χ1n) is 10.0. The lowest BCUT2D eigenvalue weighted by Gasteiger charge is -2.18. The number of nitrogens with one attached hydrogen (secondary N) is 4. The molecule has 2 aromatic carbocycles. The molecule has 0 fully saturated rings. The molecule has 0 radical (unpaired) electrons. The van der Waals surface area contributed by atoms with Gasteiger partial charge >= 0.3 is 0 Å². The molecule has 8 heteroatoms. The number of rotatable bonds is 10. The summed E-state index contributed by atoms with van der Waals surface area (Å²) in [6, 6.07) is 16.4. The topological polar surface area (TPSA) is 103 Å². The molecule has 1 unspecified atom stereocenters. The molecule has 0 bridgehead atoms. The lowest BCUT2D eigenvalue weighted by Crippen LogP contribution is -2.31. The minimum absolute atomic E-state index is 0.154. The molecule has 1 amide bonds. The van der Waals surface area contributed by atoms with Crippen LogP contribution >= 0.6 is 0 Å². The fraction of sp³-hybridized carbons (Fsp3) is 0.261. The Balaban J connectivity index is 1.77. The Morgan fingerprint density at radius 1 is 1.19 bits per heavy atom. The molecule has 3 rings (SSSR count). The second-order valence-electron chi connectivity index (χ2n) is 6.96. The molecule has 0 saturated heterocycles. The van der Waals surface area contributed by atoms with Gasteiger partial charge in [0.2, 0.25) is 0 Å². The van der Waals surface area contributed by atoms with Gasteiger partial charge in [0.15, 0.2) is 0 Å². The van der Waals surface area contributed by atoms with Gasteiger partial charge in [-0.2, -0.15) is 0 Å². The Kier molecular flexibility index (Phi) is 7.75. The van der Waals surface area contributed by atoms with Crippen molar-refractivity contribution in [2.24, 2.45) is 0 Å². The highest BCUT2D eigenvalue weighted by Gasteiger charge is 2.21. The molecule has 1 atom stereocenters. The first-order chi connectivity index (χ1) is 15.1. The number of amides is 1. The number of carbonyl (C=O) groups is 1. The number of imidazole rings is 1. The summed E-state index contributed by atoms with van der Waals surface area (Å²) in [6.45, 7) is -0.400. The van der Waals surface area contributed by atoms with Crippen LogP contribution in [0.25, 0.3) is 11.3 Å². The Labute approximate surface area is 180 Å². The van der Waals surface area contributed by atoms with E-state index in [9.17, 15) is 9.18 Å². The summed E-state index contributed by atoms with van der Waals surface area (Å²) in [4.78, 5) is 20.7. The van der Waals surface area contributed by atoms with E-state index in [-0.39, 0.29) is 11.7 Å². The fourth-order valence-electron chi connectivity index (χ4n) is 3.22. The molecule has 1 aromatic heterocycles. The smallest absolute Gasteiger partial charge is 0.255 e. The van der Waals surface area contributed by atoms with Gasteiger partial charge in [-0.05, 0) is 30.5 Å². The lowest BCUT2D eigenvalue weighted by atomic mass is 10.1. The minimum atomic E-state index is -0.827. The molecule has 0 aliphatic rings. The number of aromatic amines is 1. The number of para-hydroxylation sites is 1. The molecule has 0 aliphatic heterocycles. The molecule has 3 aromatic rings. The number of alkyl halides is 1. The number of hydrogen-bond donors (Lipinski definition) is 4. The van der Waals surface area contributed by atoms with E-state index in [2.05, 4.69) is 20.6 Å². The number of halogens is 1. The van der Waals surface area contributed by atoms with E-state index in [1.165, 1.54) is 7.11 Å². The van der Waals surface area contributed by atoms with E-state index in [0.717, 1.165) is 11.3 Å². The van der Waals surface area contributed by atoms with Gasteiger partial charge in [-0.25, -0.2) is 9.37 Å². The van der Waals surface area contributed by atoms with Crippen LogP contribution < -0.4 is 15.4 Å². The molecule has 0 spiro atoms. The zero-order valence-electron chi connectivity index (χ0n) is 17.3. The minimum Gasteiger partial charge on any atom is -0.496 e. The average molecular weight is 423 g/mol. The quantitative estimate of drug-likeness (QED) is 0.226. The number of carbonyl (C=O) groups excluding carboxylic acids is 1. The third kappa shape index (κ3) is 5.91. The summed E-state index contributed by atoms with van der Waals surface area (Å²) in [5.41, 5.74) is 2.28. The molecule has 7 nitrogen and oxygen atoms in total. The Hall–Kier alpha value is -3.68. The van der Waals surface area contributed by atoms with Crippen LogP contribution in [-0.4, -0.2) is 42.0 Å². The predicted molar refractivity (Wildman–Crippen MR) is 118 cm³/mol. The second-order valence-corrected chi connectivity index (χ2v) is 6.96. The van der Waals surface area contributed by atoms with Gasteiger partial charge in [0, 0.05) is 6.54 Å². The van der Waals surface area contributed by atoms with E-state index in [4.69, 9.17) is 10.1 Å². The van der Waals surface area contributed by atoms with Gasteiger partial charge in [0.05, 0.1) is 30.6 Å². The van der Waals surface area contributed by atoms with E-state index < -0.39 is 12.7 Å². The van der Waals surface area contributed by atoms with Crippen LogP contribution in [0, 0.1) is 5.41 Å². The average Bonchev–Trinajstić information content (AvgIpc) is 3.31. The highest BCUT2D eigenvalue weighted by atomic mass is 19.1. The third-order valence-electron chi connectivity index (χ3n) is 4.81. The first kappa shape index (κ1) is 22.0. The van der Waals surface area contributed by atoms with Gasteiger partial charge in [-0.3, -0.25) is 10.2 Å². The van der Waals surface area contributed by atoms with Crippen molar-refractivity contribution >= 4 is 11.7 Å². The summed E-state index contributed by atoms with van der Waals surface area (Å²) in [5.74, 6) is 0.687.